The van der Waals surface area contributed by atoms with Crippen molar-refractivity contribution in [2.75, 3.05) is 0 Å². The van der Waals surface area contributed by atoms with Gasteiger partial charge in [-0.1, -0.05) is 24.6 Å². The monoisotopic (exact) mass is 298 g/mol. The molecule has 0 atom stereocenters. The van der Waals surface area contributed by atoms with E-state index in [9.17, 15) is 10.1 Å². The maximum Gasteiger partial charge on any atom is 0.311 e. The van der Waals surface area contributed by atoms with Gasteiger partial charge in [0, 0.05) is 12.3 Å². The third-order valence-electron chi connectivity index (χ3n) is 2.52. The van der Waals surface area contributed by atoms with E-state index in [4.69, 9.17) is 16.3 Å². The first-order valence-electron chi connectivity index (χ1n) is 5.60. The Balaban J connectivity index is 2.17. The Bertz CT molecular complexity index is 600. The quantitative estimate of drug-likeness (QED) is 0.621. The van der Waals surface area contributed by atoms with E-state index in [1.54, 1.807) is 12.3 Å². The van der Waals surface area contributed by atoms with E-state index in [1.807, 2.05) is 13.0 Å². The molecule has 0 aliphatic heterocycles. The van der Waals surface area contributed by atoms with Crippen LogP contribution in [0.5, 0.6) is 5.75 Å². The molecule has 0 fully saturated rings. The zero-order valence-corrected chi connectivity index (χ0v) is 11.7. The largest absolute Gasteiger partial charge is 0.481 e. The van der Waals surface area contributed by atoms with Gasteiger partial charge >= 0.3 is 5.69 Å². The third-order valence-corrected chi connectivity index (χ3v) is 3.61. The molecule has 1 aromatic carbocycles. The van der Waals surface area contributed by atoms with E-state index in [-0.39, 0.29) is 18.0 Å². The van der Waals surface area contributed by atoms with Gasteiger partial charge in [-0.15, -0.1) is 11.3 Å². The molecule has 5 nitrogen and oxygen atoms in total. The molecule has 19 heavy (non-hydrogen) atoms. The lowest BCUT2D eigenvalue weighted by Crippen LogP contribution is -1.98. The average molecular weight is 299 g/mol. The molecule has 0 aliphatic carbocycles. The second kappa shape index (κ2) is 5.99. The lowest BCUT2D eigenvalue weighted by molar-refractivity contribution is -0.386. The number of ether oxygens (including phenoxy) is 1. The van der Waals surface area contributed by atoms with Gasteiger partial charge in [0.25, 0.3) is 0 Å². The highest BCUT2D eigenvalue weighted by molar-refractivity contribution is 7.15. The minimum atomic E-state index is -0.436. The number of hydrogen-bond donors (Lipinski definition) is 0. The highest BCUT2D eigenvalue weighted by atomic mass is 35.5. The number of thiazole rings is 1. The number of aryl methyl sites for hydroxylation is 1. The lowest BCUT2D eigenvalue weighted by atomic mass is 10.1. The molecule has 2 rings (SSSR count). The van der Waals surface area contributed by atoms with Gasteiger partial charge in [0.05, 0.1) is 9.80 Å². The number of aromatic nitrogens is 1. The van der Waals surface area contributed by atoms with Crippen molar-refractivity contribution in [1.82, 2.24) is 4.98 Å². The average Bonchev–Trinajstić information content (AvgIpc) is 2.82. The maximum absolute atomic E-state index is 11.0. The highest BCUT2D eigenvalue weighted by Crippen LogP contribution is 2.29. The molecule has 0 amide bonds. The summed E-state index contributed by atoms with van der Waals surface area (Å²) in [5.74, 6) is 0.256. The summed E-state index contributed by atoms with van der Waals surface area (Å²) in [6.07, 6.45) is 2.34. The first-order valence-corrected chi connectivity index (χ1v) is 6.80. The van der Waals surface area contributed by atoms with Crippen LogP contribution in [0.15, 0.2) is 24.4 Å². The Morgan fingerprint density at radius 3 is 2.89 bits per heavy atom. The van der Waals surface area contributed by atoms with Crippen LogP contribution in [0.3, 0.4) is 0 Å². The second-order valence-corrected chi connectivity index (χ2v) is 5.48. The molecule has 2 aromatic rings. The van der Waals surface area contributed by atoms with Crippen LogP contribution in [0.1, 0.15) is 17.4 Å². The smallest absolute Gasteiger partial charge is 0.311 e. The van der Waals surface area contributed by atoms with Crippen LogP contribution in [0, 0.1) is 10.1 Å². The number of rotatable bonds is 5. The first kappa shape index (κ1) is 13.8. The third kappa shape index (κ3) is 3.42. The molecule has 0 aliphatic rings. The Kier molecular flexibility index (Phi) is 4.34. The van der Waals surface area contributed by atoms with Crippen molar-refractivity contribution >= 4 is 28.6 Å². The van der Waals surface area contributed by atoms with Gasteiger partial charge in [-0.25, -0.2) is 4.98 Å². The Morgan fingerprint density at radius 2 is 2.32 bits per heavy atom. The molecule has 0 saturated heterocycles. The van der Waals surface area contributed by atoms with E-state index >= 15 is 0 Å². The Hall–Kier alpha value is -1.66. The van der Waals surface area contributed by atoms with Crippen molar-refractivity contribution in [3.8, 4) is 5.75 Å². The van der Waals surface area contributed by atoms with Gasteiger partial charge in [-0.3, -0.25) is 10.1 Å². The van der Waals surface area contributed by atoms with Crippen LogP contribution in [0.25, 0.3) is 0 Å². The molecule has 1 heterocycles. The number of nitro groups is 1. The standard InChI is InChI=1S/C12H11ClN2O3S/c1-2-8-3-4-11(10(5-8)15(16)17)18-7-9-6-14-12(13)19-9/h3-6H,2,7H2,1H3. The fraction of sp³-hybridized carbons (Fsp3) is 0.250. The second-order valence-electron chi connectivity index (χ2n) is 3.78. The van der Waals surface area contributed by atoms with Crippen molar-refractivity contribution in [1.29, 1.82) is 0 Å². The predicted molar refractivity (Wildman–Crippen MR) is 73.9 cm³/mol. The minimum Gasteiger partial charge on any atom is -0.481 e. The van der Waals surface area contributed by atoms with Gasteiger partial charge in [0.2, 0.25) is 0 Å². The summed E-state index contributed by atoms with van der Waals surface area (Å²) in [6.45, 7) is 2.16. The molecule has 100 valence electrons. The van der Waals surface area contributed by atoms with E-state index in [2.05, 4.69) is 4.98 Å². The summed E-state index contributed by atoms with van der Waals surface area (Å²) in [7, 11) is 0. The molecule has 0 unspecified atom stereocenters. The summed E-state index contributed by atoms with van der Waals surface area (Å²) >= 11 is 7.00. The normalized spacial score (nSPS) is 10.4. The Morgan fingerprint density at radius 1 is 1.53 bits per heavy atom. The predicted octanol–water partition coefficient (Wildman–Crippen LogP) is 3.85. The van der Waals surface area contributed by atoms with Crippen LogP contribution in [-0.2, 0) is 13.0 Å². The Labute approximate surface area is 119 Å². The van der Waals surface area contributed by atoms with Crippen LogP contribution in [0.2, 0.25) is 4.47 Å². The van der Waals surface area contributed by atoms with Crippen molar-refractivity contribution in [3.63, 3.8) is 0 Å². The summed E-state index contributed by atoms with van der Waals surface area (Å²) in [5, 5.41) is 11.0. The molecule has 0 saturated carbocycles. The molecule has 1 aromatic heterocycles. The fourth-order valence-corrected chi connectivity index (χ4v) is 2.44. The molecule has 0 bridgehead atoms. The number of nitro benzene ring substituents is 1. The summed E-state index contributed by atoms with van der Waals surface area (Å²) in [5.41, 5.74) is 0.884. The molecular formula is C12H11ClN2O3S. The number of hydrogen-bond acceptors (Lipinski definition) is 5. The van der Waals surface area contributed by atoms with E-state index in [0.717, 1.165) is 16.9 Å². The van der Waals surface area contributed by atoms with Gasteiger partial charge in [0.15, 0.2) is 10.2 Å². The lowest BCUT2D eigenvalue weighted by Gasteiger charge is -2.06. The van der Waals surface area contributed by atoms with Gasteiger partial charge in [-0.2, -0.15) is 0 Å². The summed E-state index contributed by atoms with van der Waals surface area (Å²) < 4.78 is 5.89. The molecule has 7 heteroatoms. The topological polar surface area (TPSA) is 65.3 Å². The van der Waals surface area contributed by atoms with Crippen LogP contribution in [0.4, 0.5) is 5.69 Å². The summed E-state index contributed by atoms with van der Waals surface area (Å²) in [6, 6.07) is 4.98. The SMILES string of the molecule is CCc1ccc(OCc2cnc(Cl)s2)c([N+](=O)[O-])c1. The van der Waals surface area contributed by atoms with Crippen LogP contribution in [-0.4, -0.2) is 9.91 Å². The molecule has 0 radical (unpaired) electrons. The first-order chi connectivity index (χ1) is 9.10. The highest BCUT2D eigenvalue weighted by Gasteiger charge is 2.16. The van der Waals surface area contributed by atoms with E-state index in [1.165, 1.54) is 17.4 Å². The minimum absolute atomic E-state index is 0.0186. The fourth-order valence-electron chi connectivity index (χ4n) is 1.55. The summed E-state index contributed by atoms with van der Waals surface area (Å²) in [4.78, 5) is 15.3. The zero-order valence-electron chi connectivity index (χ0n) is 10.1. The van der Waals surface area contributed by atoms with Gasteiger partial charge in [0.1, 0.15) is 6.61 Å². The molecular weight excluding hydrogens is 288 g/mol. The van der Waals surface area contributed by atoms with Crippen LogP contribution < -0.4 is 4.74 Å². The van der Waals surface area contributed by atoms with E-state index < -0.39 is 4.92 Å². The molecule has 0 spiro atoms. The van der Waals surface area contributed by atoms with Crippen molar-refractivity contribution in [2.24, 2.45) is 0 Å². The van der Waals surface area contributed by atoms with Gasteiger partial charge < -0.3 is 4.74 Å². The number of halogens is 1. The molecule has 0 N–H and O–H groups in total. The number of nitrogens with zero attached hydrogens (tertiary/aromatic N) is 2. The van der Waals surface area contributed by atoms with Crippen LogP contribution >= 0.6 is 22.9 Å². The van der Waals surface area contributed by atoms with Crippen molar-refractivity contribution in [2.45, 2.75) is 20.0 Å². The van der Waals surface area contributed by atoms with Gasteiger partial charge in [-0.05, 0) is 18.1 Å². The van der Waals surface area contributed by atoms with Crippen molar-refractivity contribution < 1.29 is 9.66 Å². The van der Waals surface area contributed by atoms with E-state index in [0.29, 0.717) is 4.47 Å². The number of benzene rings is 1. The maximum atomic E-state index is 11.0. The van der Waals surface area contributed by atoms with Crippen molar-refractivity contribution in [3.05, 3.63) is 49.4 Å². The zero-order chi connectivity index (χ0) is 13.8.